The van der Waals surface area contributed by atoms with Gasteiger partial charge >= 0.3 is 0 Å². The molecule has 5 aromatic rings. The summed E-state index contributed by atoms with van der Waals surface area (Å²) in [6.45, 7) is 3.44. The molecule has 1 aliphatic rings. The van der Waals surface area contributed by atoms with E-state index in [1.54, 1.807) is 36.2 Å². The van der Waals surface area contributed by atoms with Gasteiger partial charge in [0.2, 0.25) is 5.91 Å². The lowest BCUT2D eigenvalue weighted by Crippen LogP contribution is -2.43. The number of nitrogens with zero attached hydrogens (tertiary/aromatic N) is 4. The lowest BCUT2D eigenvalue weighted by atomic mass is 10.2. The third-order valence-electron chi connectivity index (χ3n) is 7.40. The van der Waals surface area contributed by atoms with Crippen LogP contribution in [-0.2, 0) is 17.9 Å². The summed E-state index contributed by atoms with van der Waals surface area (Å²) in [5, 5.41) is 3.71. The number of ether oxygens (including phenoxy) is 2. The van der Waals surface area contributed by atoms with Crippen molar-refractivity contribution in [2.24, 2.45) is 0 Å². The minimum Gasteiger partial charge on any atom is -0.497 e. The maximum absolute atomic E-state index is 14.1. The van der Waals surface area contributed by atoms with Crippen LogP contribution in [0.4, 0.5) is 5.13 Å². The molecule has 9 nitrogen and oxygen atoms in total. The first-order valence-electron chi connectivity index (χ1n) is 13.7. The Morgan fingerprint density at radius 2 is 1.88 bits per heavy atom. The second-order valence-corrected chi connectivity index (χ2v) is 12.4. The third kappa shape index (κ3) is 5.49. The van der Waals surface area contributed by atoms with Crippen molar-refractivity contribution in [1.82, 2.24) is 19.9 Å². The van der Waals surface area contributed by atoms with E-state index in [-0.39, 0.29) is 24.1 Å². The molecule has 0 saturated carbocycles. The highest BCUT2D eigenvalue weighted by molar-refractivity contribution is 7.21. The Balaban J connectivity index is 1.36. The van der Waals surface area contributed by atoms with Crippen molar-refractivity contribution in [3.05, 3.63) is 87.0 Å². The summed E-state index contributed by atoms with van der Waals surface area (Å²) in [4.78, 5) is 41.6. The molecule has 1 atom stereocenters. The van der Waals surface area contributed by atoms with E-state index in [2.05, 4.69) is 5.32 Å². The summed E-state index contributed by atoms with van der Waals surface area (Å²) in [5.74, 6) is 1.83. The smallest absolute Gasteiger partial charge is 0.281 e. The van der Waals surface area contributed by atoms with Gasteiger partial charge in [0.25, 0.3) is 5.56 Å². The van der Waals surface area contributed by atoms with Crippen LogP contribution in [0.2, 0.25) is 0 Å². The first-order chi connectivity index (χ1) is 20.4. The number of carbonyl (C=O) groups excluding carboxylic acids is 1. The normalized spacial score (nSPS) is 14.8. The summed E-state index contributed by atoms with van der Waals surface area (Å²) < 4.78 is 12.6. The molecule has 0 radical (unpaired) electrons. The topological polar surface area (TPSA) is 98.6 Å². The predicted molar refractivity (Wildman–Crippen MR) is 167 cm³/mol. The Morgan fingerprint density at radius 3 is 2.62 bits per heavy atom. The number of anilines is 1. The van der Waals surface area contributed by atoms with Crippen LogP contribution in [0, 0.1) is 6.92 Å². The molecule has 3 aromatic heterocycles. The highest BCUT2D eigenvalue weighted by atomic mass is 32.1. The van der Waals surface area contributed by atoms with Crippen LogP contribution in [0.3, 0.4) is 0 Å². The number of aromatic nitrogens is 3. The molecule has 216 valence electrons. The zero-order chi connectivity index (χ0) is 29.2. The summed E-state index contributed by atoms with van der Waals surface area (Å²) >= 11 is 2.95. The van der Waals surface area contributed by atoms with Crippen LogP contribution in [0.5, 0.6) is 11.5 Å². The first-order valence-corrected chi connectivity index (χ1v) is 15.4. The molecule has 1 unspecified atom stereocenters. The van der Waals surface area contributed by atoms with Crippen LogP contribution in [-0.4, -0.2) is 47.2 Å². The van der Waals surface area contributed by atoms with E-state index in [0.29, 0.717) is 45.9 Å². The molecule has 0 spiro atoms. The Bertz CT molecular complexity index is 1800. The van der Waals surface area contributed by atoms with Gasteiger partial charge in [-0.2, -0.15) is 0 Å². The number of hydrogen-bond acceptors (Lipinski definition) is 9. The fraction of sp³-hybridized carbons (Fsp3) is 0.290. The molecule has 1 N–H and O–H groups in total. The molecule has 11 heteroatoms. The van der Waals surface area contributed by atoms with Gasteiger partial charge in [-0.25, -0.2) is 9.97 Å². The number of rotatable bonds is 9. The highest BCUT2D eigenvalue weighted by Gasteiger charge is 2.33. The standard InChI is InChI=1S/C31H31N5O4S2/c1-19-11-14-25(41-19)27-34-29-26(30(38)36(27)18-21-12-13-22(39-2)16-24(21)40-3)33-31(42-29)35-15-7-10-23(35)28(37)32-17-20-8-5-4-6-9-20/h4-6,8-9,11-14,16,23H,7,10,15,17-18H2,1-3H3,(H,32,37). The second-order valence-electron chi connectivity index (χ2n) is 10.1. The van der Waals surface area contributed by atoms with Crippen molar-refractivity contribution < 1.29 is 14.3 Å². The summed E-state index contributed by atoms with van der Waals surface area (Å²) in [6, 6.07) is 19.1. The van der Waals surface area contributed by atoms with Crippen LogP contribution >= 0.6 is 22.7 Å². The Labute approximate surface area is 251 Å². The molecule has 1 aliphatic heterocycles. The first kappa shape index (κ1) is 27.9. The van der Waals surface area contributed by atoms with Crippen LogP contribution in [0.15, 0.2) is 65.5 Å². The van der Waals surface area contributed by atoms with E-state index in [0.717, 1.165) is 33.7 Å². The van der Waals surface area contributed by atoms with E-state index >= 15 is 0 Å². The maximum Gasteiger partial charge on any atom is 0.281 e. The molecule has 0 aliphatic carbocycles. The number of carbonyl (C=O) groups is 1. The molecule has 2 aromatic carbocycles. The molecule has 1 amide bonds. The van der Waals surface area contributed by atoms with E-state index in [1.807, 2.05) is 66.4 Å². The average Bonchev–Trinajstić information content (AvgIpc) is 3.77. The lowest BCUT2D eigenvalue weighted by molar-refractivity contribution is -0.122. The minimum absolute atomic E-state index is 0.0395. The van der Waals surface area contributed by atoms with Gasteiger partial charge in [-0.3, -0.25) is 14.2 Å². The SMILES string of the molecule is COc1ccc(Cn2c(-c3ccc(C)s3)nc3sc(N4CCCC4C(=O)NCc4ccccc4)nc3c2=O)c(OC)c1. The number of aryl methyl sites for hydroxylation is 1. The zero-order valence-electron chi connectivity index (χ0n) is 23.6. The van der Waals surface area contributed by atoms with Crippen molar-refractivity contribution in [3.8, 4) is 22.2 Å². The summed E-state index contributed by atoms with van der Waals surface area (Å²) in [7, 11) is 3.20. The van der Waals surface area contributed by atoms with Gasteiger partial charge in [0.1, 0.15) is 17.5 Å². The molecule has 1 saturated heterocycles. The number of benzene rings is 2. The Kier molecular flexibility index (Phi) is 7.94. The molecular formula is C31H31N5O4S2. The number of amides is 1. The molecule has 4 heterocycles. The average molecular weight is 602 g/mol. The van der Waals surface area contributed by atoms with Crippen LogP contribution in [0.25, 0.3) is 21.0 Å². The molecule has 1 fully saturated rings. The predicted octanol–water partition coefficient (Wildman–Crippen LogP) is 5.24. The van der Waals surface area contributed by atoms with Gasteiger partial charge < -0.3 is 19.7 Å². The van der Waals surface area contributed by atoms with Gasteiger partial charge in [-0.1, -0.05) is 41.7 Å². The maximum atomic E-state index is 14.1. The monoisotopic (exact) mass is 601 g/mol. The largest absolute Gasteiger partial charge is 0.497 e. The molecule has 42 heavy (non-hydrogen) atoms. The highest BCUT2D eigenvalue weighted by Crippen LogP contribution is 2.35. The van der Waals surface area contributed by atoms with E-state index in [1.165, 1.54) is 11.3 Å². The number of nitrogens with one attached hydrogen (secondary N) is 1. The van der Waals surface area contributed by atoms with Crippen LogP contribution < -0.4 is 25.2 Å². The van der Waals surface area contributed by atoms with Crippen molar-refractivity contribution in [2.75, 3.05) is 25.7 Å². The number of fused-ring (bicyclic) bond motifs is 1. The fourth-order valence-corrected chi connectivity index (χ4v) is 7.11. The lowest BCUT2D eigenvalue weighted by Gasteiger charge is -2.23. The summed E-state index contributed by atoms with van der Waals surface area (Å²) in [6.07, 6.45) is 1.60. The number of methoxy groups -OCH3 is 2. The number of thiophene rings is 1. The van der Waals surface area contributed by atoms with Crippen molar-refractivity contribution >= 4 is 44.1 Å². The van der Waals surface area contributed by atoms with Gasteiger partial charge in [-0.05, 0) is 49.6 Å². The van der Waals surface area contributed by atoms with Gasteiger partial charge in [-0.15, -0.1) is 11.3 Å². The number of hydrogen-bond donors (Lipinski definition) is 1. The Morgan fingerprint density at radius 1 is 1.05 bits per heavy atom. The zero-order valence-corrected chi connectivity index (χ0v) is 25.3. The molecule has 0 bridgehead atoms. The van der Waals surface area contributed by atoms with E-state index in [9.17, 15) is 9.59 Å². The van der Waals surface area contributed by atoms with Crippen LogP contribution in [0.1, 0.15) is 28.8 Å². The molecular weight excluding hydrogens is 571 g/mol. The quantitative estimate of drug-likeness (QED) is 0.247. The fourth-order valence-electron chi connectivity index (χ4n) is 5.23. The van der Waals surface area contributed by atoms with Gasteiger partial charge in [0.05, 0.1) is 25.6 Å². The third-order valence-corrected chi connectivity index (χ3v) is 9.39. The van der Waals surface area contributed by atoms with Crippen molar-refractivity contribution in [2.45, 2.75) is 38.9 Å². The van der Waals surface area contributed by atoms with Gasteiger partial charge in [0, 0.05) is 29.6 Å². The van der Waals surface area contributed by atoms with Crippen molar-refractivity contribution in [3.63, 3.8) is 0 Å². The summed E-state index contributed by atoms with van der Waals surface area (Å²) in [5.41, 5.74) is 1.94. The number of thiazole rings is 1. The van der Waals surface area contributed by atoms with E-state index in [4.69, 9.17) is 19.4 Å². The Hall–Kier alpha value is -4.22. The molecule has 6 rings (SSSR count). The van der Waals surface area contributed by atoms with Crippen molar-refractivity contribution in [1.29, 1.82) is 0 Å². The van der Waals surface area contributed by atoms with E-state index < -0.39 is 0 Å². The minimum atomic E-state index is -0.348. The second kappa shape index (κ2) is 11.9. The van der Waals surface area contributed by atoms with Gasteiger partial charge in [0.15, 0.2) is 21.3 Å².